The second kappa shape index (κ2) is 7.45. The zero-order chi connectivity index (χ0) is 16.9. The van der Waals surface area contributed by atoms with Crippen molar-refractivity contribution in [3.8, 4) is 0 Å². The quantitative estimate of drug-likeness (QED) is 0.914. The van der Waals surface area contributed by atoms with Crippen LogP contribution in [0.4, 0.5) is 11.5 Å². The molecule has 1 aliphatic rings. The van der Waals surface area contributed by atoms with Crippen molar-refractivity contribution in [3.63, 3.8) is 0 Å². The summed E-state index contributed by atoms with van der Waals surface area (Å²) in [5.41, 5.74) is 2.13. The molecule has 1 N–H and O–H groups in total. The van der Waals surface area contributed by atoms with Crippen molar-refractivity contribution in [2.24, 2.45) is 0 Å². The van der Waals surface area contributed by atoms with Crippen LogP contribution in [0.3, 0.4) is 0 Å². The van der Waals surface area contributed by atoms with Gasteiger partial charge in [0.05, 0.1) is 0 Å². The van der Waals surface area contributed by atoms with Gasteiger partial charge in [-0.25, -0.2) is 4.98 Å². The molecule has 1 unspecified atom stereocenters. The minimum absolute atomic E-state index is 0.370. The minimum Gasteiger partial charge on any atom is -0.480 e. The molecule has 5 nitrogen and oxygen atoms in total. The Balaban J connectivity index is 1.69. The molecule has 126 valence electrons. The van der Waals surface area contributed by atoms with Gasteiger partial charge < -0.3 is 10.0 Å². The Bertz CT molecular complexity index is 673. The van der Waals surface area contributed by atoms with Crippen LogP contribution in [-0.4, -0.2) is 40.6 Å². The number of aromatic nitrogens is 1. The number of piperidine rings is 1. The molecule has 0 amide bonds. The fourth-order valence-electron chi connectivity index (χ4n) is 3.19. The zero-order valence-corrected chi connectivity index (χ0v) is 13.9. The molecule has 5 heteroatoms. The van der Waals surface area contributed by atoms with Crippen molar-refractivity contribution in [1.82, 2.24) is 9.88 Å². The van der Waals surface area contributed by atoms with Crippen molar-refractivity contribution in [1.29, 1.82) is 0 Å². The maximum Gasteiger partial charge on any atom is 0.320 e. The first kappa shape index (κ1) is 16.5. The van der Waals surface area contributed by atoms with Crippen LogP contribution in [0.2, 0.25) is 0 Å². The molecule has 1 aromatic carbocycles. The number of hydrogen-bond donors (Lipinski definition) is 1. The van der Waals surface area contributed by atoms with Crippen molar-refractivity contribution < 1.29 is 9.90 Å². The number of carboxylic acids is 1. The number of para-hydroxylation sites is 1. The van der Waals surface area contributed by atoms with E-state index in [4.69, 9.17) is 0 Å². The average molecular weight is 325 g/mol. The van der Waals surface area contributed by atoms with Gasteiger partial charge in [0.25, 0.3) is 0 Å². The van der Waals surface area contributed by atoms with Gasteiger partial charge in [0, 0.05) is 25.5 Å². The Kier molecular flexibility index (Phi) is 5.11. The van der Waals surface area contributed by atoms with Gasteiger partial charge in [0.1, 0.15) is 11.9 Å². The minimum atomic E-state index is -0.719. The van der Waals surface area contributed by atoms with Gasteiger partial charge in [-0.3, -0.25) is 9.69 Å². The van der Waals surface area contributed by atoms with Crippen LogP contribution in [0, 0.1) is 0 Å². The van der Waals surface area contributed by atoms with Crippen molar-refractivity contribution in [2.75, 3.05) is 18.5 Å². The number of hydrogen-bond acceptors (Lipinski definition) is 4. The molecule has 1 atom stereocenters. The van der Waals surface area contributed by atoms with Gasteiger partial charge in [-0.15, -0.1) is 0 Å². The number of anilines is 2. The number of benzene rings is 1. The van der Waals surface area contributed by atoms with E-state index in [2.05, 4.69) is 4.98 Å². The van der Waals surface area contributed by atoms with Gasteiger partial charge in [-0.1, -0.05) is 30.7 Å². The monoisotopic (exact) mass is 325 g/mol. The maximum absolute atomic E-state index is 11.4. The highest BCUT2D eigenvalue weighted by Gasteiger charge is 2.28. The van der Waals surface area contributed by atoms with E-state index in [9.17, 15) is 9.90 Å². The summed E-state index contributed by atoms with van der Waals surface area (Å²) in [5.74, 6) is 0.154. The third kappa shape index (κ3) is 3.74. The Morgan fingerprint density at radius 1 is 1.25 bits per heavy atom. The molecule has 3 rings (SSSR count). The highest BCUT2D eigenvalue weighted by molar-refractivity contribution is 5.73. The van der Waals surface area contributed by atoms with E-state index in [-0.39, 0.29) is 6.04 Å². The lowest BCUT2D eigenvalue weighted by Crippen LogP contribution is -2.44. The first-order chi connectivity index (χ1) is 11.6. The third-order valence-electron chi connectivity index (χ3n) is 4.58. The molecule has 2 heterocycles. The van der Waals surface area contributed by atoms with Crippen LogP contribution in [-0.2, 0) is 11.3 Å². The van der Waals surface area contributed by atoms with Crippen LogP contribution in [0.25, 0.3) is 0 Å². The molecule has 1 saturated heterocycles. The Labute approximate surface area is 142 Å². The van der Waals surface area contributed by atoms with Gasteiger partial charge in [0.2, 0.25) is 0 Å². The third-order valence-corrected chi connectivity index (χ3v) is 4.58. The molecular weight excluding hydrogens is 302 g/mol. The number of nitrogens with zero attached hydrogens (tertiary/aromatic N) is 3. The van der Waals surface area contributed by atoms with E-state index in [0.29, 0.717) is 6.54 Å². The Morgan fingerprint density at radius 3 is 2.71 bits per heavy atom. The number of likely N-dealkylation sites (tertiary alicyclic amines) is 1. The molecule has 0 bridgehead atoms. The maximum atomic E-state index is 11.4. The number of rotatable bonds is 5. The molecule has 1 fully saturated rings. The first-order valence-electron chi connectivity index (χ1n) is 8.36. The number of carboxylic acid groups (broad SMARTS) is 1. The number of pyridine rings is 1. The lowest BCUT2D eigenvalue weighted by Gasteiger charge is -2.32. The topological polar surface area (TPSA) is 56.7 Å². The lowest BCUT2D eigenvalue weighted by molar-refractivity contribution is -0.144. The summed E-state index contributed by atoms with van der Waals surface area (Å²) in [7, 11) is 1.99. The van der Waals surface area contributed by atoms with Gasteiger partial charge in [-0.05, 0) is 43.1 Å². The van der Waals surface area contributed by atoms with Gasteiger partial charge in [-0.2, -0.15) is 0 Å². The summed E-state index contributed by atoms with van der Waals surface area (Å²) < 4.78 is 0. The summed E-state index contributed by atoms with van der Waals surface area (Å²) in [5, 5.41) is 9.37. The summed E-state index contributed by atoms with van der Waals surface area (Å²) in [6, 6.07) is 13.7. The molecule has 1 aromatic heterocycles. The smallest absolute Gasteiger partial charge is 0.320 e. The molecule has 0 aliphatic carbocycles. The molecule has 0 radical (unpaired) electrons. The SMILES string of the molecule is CN(c1ccccc1)c1ccc(CN2CCCCC2C(=O)O)cn1. The van der Waals surface area contributed by atoms with Crippen molar-refractivity contribution in [2.45, 2.75) is 31.8 Å². The molecule has 24 heavy (non-hydrogen) atoms. The van der Waals surface area contributed by atoms with Crippen molar-refractivity contribution in [3.05, 3.63) is 54.2 Å². The standard InChI is InChI=1S/C19H23N3O2/c1-21(16-7-3-2-4-8-16)18-11-10-15(13-20-18)14-22-12-6-5-9-17(22)19(23)24/h2-4,7-8,10-11,13,17H,5-6,9,12,14H2,1H3,(H,23,24). The fraction of sp³-hybridized carbons (Fsp3) is 0.368. The summed E-state index contributed by atoms with van der Waals surface area (Å²) in [4.78, 5) is 20.0. The normalized spacial score (nSPS) is 18.3. The van der Waals surface area contributed by atoms with E-state index in [1.165, 1.54) is 0 Å². The molecular formula is C19H23N3O2. The average Bonchev–Trinajstić information content (AvgIpc) is 2.63. The summed E-state index contributed by atoms with van der Waals surface area (Å²) in [6.07, 6.45) is 4.64. The van der Waals surface area contributed by atoms with Crippen LogP contribution in [0.1, 0.15) is 24.8 Å². The van der Waals surface area contributed by atoms with Crippen LogP contribution >= 0.6 is 0 Å². The summed E-state index contributed by atoms with van der Waals surface area (Å²) in [6.45, 7) is 1.47. The Morgan fingerprint density at radius 2 is 2.04 bits per heavy atom. The predicted octanol–water partition coefficient (Wildman–Crippen LogP) is 3.29. The highest BCUT2D eigenvalue weighted by atomic mass is 16.4. The van der Waals surface area contributed by atoms with E-state index < -0.39 is 5.97 Å². The number of aliphatic carboxylic acids is 1. The largest absolute Gasteiger partial charge is 0.480 e. The second-order valence-corrected chi connectivity index (χ2v) is 6.24. The number of carbonyl (C=O) groups is 1. The van der Waals surface area contributed by atoms with E-state index >= 15 is 0 Å². The molecule has 0 saturated carbocycles. The molecule has 1 aliphatic heterocycles. The van der Waals surface area contributed by atoms with Gasteiger partial charge in [0.15, 0.2) is 0 Å². The van der Waals surface area contributed by atoms with Crippen LogP contribution in [0.5, 0.6) is 0 Å². The van der Waals surface area contributed by atoms with Crippen LogP contribution in [0.15, 0.2) is 48.7 Å². The first-order valence-corrected chi connectivity index (χ1v) is 8.36. The zero-order valence-electron chi connectivity index (χ0n) is 13.9. The van der Waals surface area contributed by atoms with E-state index in [1.807, 2.05) is 65.5 Å². The summed E-state index contributed by atoms with van der Waals surface area (Å²) >= 11 is 0. The van der Waals surface area contributed by atoms with E-state index in [0.717, 1.165) is 42.9 Å². The molecule has 2 aromatic rings. The van der Waals surface area contributed by atoms with E-state index in [1.54, 1.807) is 0 Å². The second-order valence-electron chi connectivity index (χ2n) is 6.24. The van der Waals surface area contributed by atoms with Crippen LogP contribution < -0.4 is 4.90 Å². The van der Waals surface area contributed by atoms with Crippen molar-refractivity contribution >= 4 is 17.5 Å². The lowest BCUT2D eigenvalue weighted by atomic mass is 10.0. The highest BCUT2D eigenvalue weighted by Crippen LogP contribution is 2.23. The predicted molar refractivity (Wildman–Crippen MR) is 94.4 cm³/mol. The Hall–Kier alpha value is -2.40. The fourth-order valence-corrected chi connectivity index (χ4v) is 3.19. The van der Waals surface area contributed by atoms with Gasteiger partial charge >= 0.3 is 5.97 Å². The molecule has 0 spiro atoms.